The highest BCUT2D eigenvalue weighted by Crippen LogP contribution is 2.18. The van der Waals surface area contributed by atoms with Gasteiger partial charge in [-0.3, -0.25) is 4.79 Å². The van der Waals surface area contributed by atoms with Crippen LogP contribution in [0.4, 0.5) is 0 Å². The molecule has 0 aliphatic heterocycles. The van der Waals surface area contributed by atoms with Crippen molar-refractivity contribution in [2.24, 2.45) is 0 Å². The quantitative estimate of drug-likeness (QED) is 0.792. The van der Waals surface area contributed by atoms with Crippen molar-refractivity contribution in [3.05, 3.63) is 71.8 Å². The standard InChI is InChI=1S/C17H19NO2/c1-13(19)12-18-16(14-8-4-2-5-9-14)17(20)15-10-6-3-7-11-15/h2-11,13,16,18-19H,12H2,1H3/t13-,16-/m1/s1. The lowest BCUT2D eigenvalue weighted by Crippen LogP contribution is -2.33. The van der Waals surface area contributed by atoms with Crippen molar-refractivity contribution in [2.75, 3.05) is 6.54 Å². The fourth-order valence-electron chi connectivity index (χ4n) is 2.06. The van der Waals surface area contributed by atoms with Crippen molar-refractivity contribution >= 4 is 5.78 Å². The summed E-state index contributed by atoms with van der Waals surface area (Å²) in [5.41, 5.74) is 1.57. The Kier molecular flexibility index (Phi) is 5.04. The van der Waals surface area contributed by atoms with Crippen molar-refractivity contribution in [1.29, 1.82) is 0 Å². The van der Waals surface area contributed by atoms with Crippen molar-refractivity contribution < 1.29 is 9.90 Å². The van der Waals surface area contributed by atoms with Gasteiger partial charge in [0.25, 0.3) is 0 Å². The molecule has 2 N–H and O–H groups in total. The van der Waals surface area contributed by atoms with Crippen LogP contribution in [0.25, 0.3) is 0 Å². The van der Waals surface area contributed by atoms with E-state index in [0.717, 1.165) is 5.56 Å². The lowest BCUT2D eigenvalue weighted by atomic mass is 9.97. The summed E-state index contributed by atoms with van der Waals surface area (Å²) in [5, 5.41) is 12.6. The first-order chi connectivity index (χ1) is 9.68. The number of Topliss-reactive ketones (excluding diaryl/α,β-unsaturated/α-hetero) is 1. The van der Waals surface area contributed by atoms with Gasteiger partial charge in [0.05, 0.1) is 12.1 Å². The molecule has 2 aromatic rings. The Morgan fingerprint density at radius 3 is 2.15 bits per heavy atom. The summed E-state index contributed by atoms with van der Waals surface area (Å²) in [6.45, 7) is 2.07. The minimum absolute atomic E-state index is 0.0115. The Balaban J connectivity index is 2.25. The molecule has 0 radical (unpaired) electrons. The topological polar surface area (TPSA) is 49.3 Å². The highest BCUT2D eigenvalue weighted by molar-refractivity contribution is 6.00. The van der Waals surface area contributed by atoms with E-state index < -0.39 is 12.1 Å². The molecule has 20 heavy (non-hydrogen) atoms. The van der Waals surface area contributed by atoms with Gasteiger partial charge >= 0.3 is 0 Å². The lowest BCUT2D eigenvalue weighted by Gasteiger charge is -2.19. The maximum atomic E-state index is 12.6. The van der Waals surface area contributed by atoms with E-state index in [1.807, 2.05) is 60.7 Å². The Hall–Kier alpha value is -1.97. The monoisotopic (exact) mass is 269 g/mol. The largest absolute Gasteiger partial charge is 0.392 e. The van der Waals surface area contributed by atoms with Crippen molar-refractivity contribution in [1.82, 2.24) is 5.32 Å². The SMILES string of the molecule is C[C@@H](O)CN[C@@H](C(=O)c1ccccc1)c1ccccc1. The molecule has 0 amide bonds. The van der Waals surface area contributed by atoms with Crippen molar-refractivity contribution in [3.8, 4) is 0 Å². The minimum atomic E-state index is -0.496. The van der Waals surface area contributed by atoms with Crippen LogP contribution in [-0.2, 0) is 0 Å². The molecule has 0 fully saturated rings. The summed E-state index contributed by atoms with van der Waals surface area (Å²) < 4.78 is 0. The normalized spacial score (nSPS) is 13.7. The first-order valence-corrected chi connectivity index (χ1v) is 6.74. The second kappa shape index (κ2) is 6.98. The average Bonchev–Trinajstić information content (AvgIpc) is 2.49. The number of rotatable bonds is 6. The third kappa shape index (κ3) is 3.76. The van der Waals surface area contributed by atoms with E-state index in [-0.39, 0.29) is 5.78 Å². The minimum Gasteiger partial charge on any atom is -0.392 e. The van der Waals surface area contributed by atoms with Gasteiger partial charge in [-0.05, 0) is 12.5 Å². The van der Waals surface area contributed by atoms with Crippen LogP contribution in [0.3, 0.4) is 0 Å². The summed E-state index contributed by atoms with van der Waals surface area (Å²) in [6, 6.07) is 18.3. The molecular formula is C17H19NO2. The van der Waals surface area contributed by atoms with E-state index in [2.05, 4.69) is 5.32 Å². The van der Waals surface area contributed by atoms with Crippen molar-refractivity contribution in [2.45, 2.75) is 19.1 Å². The molecule has 3 nitrogen and oxygen atoms in total. The molecular weight excluding hydrogens is 250 g/mol. The van der Waals surface area contributed by atoms with Crippen LogP contribution < -0.4 is 5.32 Å². The highest BCUT2D eigenvalue weighted by atomic mass is 16.3. The Morgan fingerprint density at radius 1 is 1.05 bits per heavy atom. The fraction of sp³-hybridized carbons (Fsp3) is 0.235. The van der Waals surface area contributed by atoms with Crippen LogP contribution in [-0.4, -0.2) is 23.5 Å². The second-order valence-corrected chi connectivity index (χ2v) is 4.83. The van der Waals surface area contributed by atoms with Crippen LogP contribution >= 0.6 is 0 Å². The summed E-state index contributed by atoms with van der Waals surface area (Å²) in [4.78, 5) is 12.6. The molecule has 0 saturated heterocycles. The molecule has 0 aliphatic rings. The molecule has 2 atom stereocenters. The number of hydrogen-bond donors (Lipinski definition) is 2. The smallest absolute Gasteiger partial charge is 0.184 e. The third-order valence-electron chi connectivity index (χ3n) is 3.07. The van der Waals surface area contributed by atoms with Gasteiger partial charge in [-0.1, -0.05) is 60.7 Å². The number of aliphatic hydroxyl groups excluding tert-OH is 1. The second-order valence-electron chi connectivity index (χ2n) is 4.83. The zero-order valence-electron chi connectivity index (χ0n) is 11.5. The van der Waals surface area contributed by atoms with E-state index in [1.165, 1.54) is 0 Å². The number of carbonyl (C=O) groups excluding carboxylic acids is 1. The molecule has 0 heterocycles. The Morgan fingerprint density at radius 2 is 1.60 bits per heavy atom. The van der Waals surface area contributed by atoms with Gasteiger partial charge in [0.15, 0.2) is 5.78 Å². The first-order valence-electron chi connectivity index (χ1n) is 6.74. The van der Waals surface area contributed by atoms with Crippen LogP contribution in [0.2, 0.25) is 0 Å². The predicted molar refractivity (Wildman–Crippen MR) is 79.6 cm³/mol. The number of benzene rings is 2. The molecule has 2 rings (SSSR count). The molecule has 0 unspecified atom stereocenters. The molecule has 104 valence electrons. The summed E-state index contributed by atoms with van der Waals surface area (Å²) in [6.07, 6.45) is -0.496. The highest BCUT2D eigenvalue weighted by Gasteiger charge is 2.21. The van der Waals surface area contributed by atoms with Crippen LogP contribution in [0.5, 0.6) is 0 Å². The summed E-state index contributed by atoms with van der Waals surface area (Å²) in [7, 11) is 0. The van der Waals surface area contributed by atoms with Gasteiger partial charge < -0.3 is 10.4 Å². The van der Waals surface area contributed by atoms with E-state index in [0.29, 0.717) is 12.1 Å². The first kappa shape index (κ1) is 14.4. The molecule has 0 saturated carbocycles. The zero-order valence-corrected chi connectivity index (χ0v) is 11.5. The molecule has 2 aromatic carbocycles. The maximum absolute atomic E-state index is 12.6. The molecule has 0 aliphatic carbocycles. The molecule has 0 aromatic heterocycles. The number of ketones is 1. The zero-order chi connectivity index (χ0) is 14.4. The number of nitrogens with one attached hydrogen (secondary N) is 1. The van der Waals surface area contributed by atoms with E-state index in [1.54, 1.807) is 6.92 Å². The van der Waals surface area contributed by atoms with Gasteiger partial charge in [0, 0.05) is 12.1 Å². The molecule has 0 spiro atoms. The number of carbonyl (C=O) groups is 1. The van der Waals surface area contributed by atoms with Gasteiger partial charge in [0.2, 0.25) is 0 Å². The number of aliphatic hydroxyl groups is 1. The Bertz CT molecular complexity index is 537. The third-order valence-corrected chi connectivity index (χ3v) is 3.07. The van der Waals surface area contributed by atoms with Crippen LogP contribution in [0.15, 0.2) is 60.7 Å². The van der Waals surface area contributed by atoms with Crippen molar-refractivity contribution in [3.63, 3.8) is 0 Å². The lowest BCUT2D eigenvalue weighted by molar-refractivity contribution is 0.0932. The summed E-state index contributed by atoms with van der Waals surface area (Å²) in [5.74, 6) is 0.0115. The van der Waals surface area contributed by atoms with Gasteiger partial charge in [0.1, 0.15) is 0 Å². The molecule has 3 heteroatoms. The molecule has 0 bridgehead atoms. The Labute approximate surface area is 119 Å². The predicted octanol–water partition coefficient (Wildman–Crippen LogP) is 2.58. The summed E-state index contributed by atoms with van der Waals surface area (Å²) >= 11 is 0. The number of hydrogen-bond acceptors (Lipinski definition) is 3. The average molecular weight is 269 g/mol. The van der Waals surface area contributed by atoms with E-state index in [4.69, 9.17) is 0 Å². The fourth-order valence-corrected chi connectivity index (χ4v) is 2.06. The maximum Gasteiger partial charge on any atom is 0.184 e. The van der Waals surface area contributed by atoms with Gasteiger partial charge in [-0.25, -0.2) is 0 Å². The van der Waals surface area contributed by atoms with Gasteiger partial charge in [-0.2, -0.15) is 0 Å². The van der Waals surface area contributed by atoms with Crippen LogP contribution in [0.1, 0.15) is 28.9 Å². The van der Waals surface area contributed by atoms with E-state index >= 15 is 0 Å². The van der Waals surface area contributed by atoms with Gasteiger partial charge in [-0.15, -0.1) is 0 Å². The van der Waals surface area contributed by atoms with Crippen LogP contribution in [0, 0.1) is 0 Å². The van der Waals surface area contributed by atoms with E-state index in [9.17, 15) is 9.90 Å².